The van der Waals surface area contributed by atoms with E-state index in [9.17, 15) is 0 Å². The van der Waals surface area contributed by atoms with Crippen molar-refractivity contribution in [3.8, 4) is 33.4 Å². The molecule has 0 saturated heterocycles. The van der Waals surface area contributed by atoms with Gasteiger partial charge in [-0.3, -0.25) is 0 Å². The van der Waals surface area contributed by atoms with Crippen molar-refractivity contribution < 1.29 is 0 Å². The van der Waals surface area contributed by atoms with E-state index >= 15 is 0 Å². The molecule has 1 spiro atoms. The van der Waals surface area contributed by atoms with Gasteiger partial charge in [-0.05, 0) is 85.0 Å². The topological polar surface area (TPSA) is 3.24 Å². The van der Waals surface area contributed by atoms with Gasteiger partial charge >= 0.3 is 0 Å². The molecule has 2 heterocycles. The Labute approximate surface area is 282 Å². The normalized spacial score (nSPS) is 15.5. The molecule has 2 aliphatic heterocycles. The van der Waals surface area contributed by atoms with Gasteiger partial charge in [0.2, 0.25) is 0 Å². The highest BCUT2D eigenvalue weighted by molar-refractivity contribution is 5.96. The summed E-state index contributed by atoms with van der Waals surface area (Å²) >= 11 is 0. The van der Waals surface area contributed by atoms with Gasteiger partial charge in [-0.1, -0.05) is 159 Å². The van der Waals surface area contributed by atoms with Crippen molar-refractivity contribution in [1.29, 1.82) is 0 Å². The molecule has 0 aromatic heterocycles. The van der Waals surface area contributed by atoms with E-state index in [4.69, 9.17) is 0 Å². The molecule has 0 bridgehead atoms. The second kappa shape index (κ2) is 9.92. The zero-order chi connectivity index (χ0) is 32.0. The number of anilines is 2. The molecule has 3 aliphatic rings. The Morgan fingerprint density at radius 2 is 0.958 bits per heavy atom. The van der Waals surface area contributed by atoms with Crippen molar-refractivity contribution in [3.63, 3.8) is 0 Å². The minimum Gasteiger partial charge on any atom is -0.336 e. The molecule has 0 fully saturated rings. The lowest BCUT2D eigenvalue weighted by molar-refractivity contribution is 0.555. The smallest absolute Gasteiger partial charge is 0.0748 e. The Hall–Kier alpha value is -5.66. The number of rotatable bonds is 2. The molecule has 0 N–H and O–H groups in total. The lowest BCUT2D eigenvalue weighted by Gasteiger charge is -2.53. The fourth-order valence-electron chi connectivity index (χ4n) is 9.19. The molecule has 0 amide bonds. The number of hydrogen-bond acceptors (Lipinski definition) is 1. The summed E-state index contributed by atoms with van der Waals surface area (Å²) < 4.78 is 0. The van der Waals surface area contributed by atoms with Crippen molar-refractivity contribution in [3.05, 3.63) is 203 Å². The van der Waals surface area contributed by atoms with Gasteiger partial charge in [0.25, 0.3) is 0 Å². The first-order chi connectivity index (χ1) is 23.6. The maximum Gasteiger partial charge on any atom is 0.0748 e. The Morgan fingerprint density at radius 3 is 1.62 bits per heavy atom. The van der Waals surface area contributed by atoms with Crippen LogP contribution in [0.5, 0.6) is 0 Å². The van der Waals surface area contributed by atoms with Crippen LogP contribution < -0.4 is 4.90 Å². The third kappa shape index (κ3) is 3.56. The van der Waals surface area contributed by atoms with Crippen LogP contribution in [0, 0.1) is 0 Å². The molecular weight excluding hydrogens is 579 g/mol. The van der Waals surface area contributed by atoms with Gasteiger partial charge in [-0.25, -0.2) is 0 Å². The van der Waals surface area contributed by atoms with Gasteiger partial charge in [0, 0.05) is 23.2 Å². The first kappa shape index (κ1) is 27.5. The van der Waals surface area contributed by atoms with Crippen LogP contribution in [0.4, 0.5) is 11.4 Å². The Bertz CT molecular complexity index is 2310. The summed E-state index contributed by atoms with van der Waals surface area (Å²) in [4.78, 5) is 2.59. The van der Waals surface area contributed by atoms with Crippen LogP contribution in [-0.2, 0) is 17.4 Å². The molecule has 48 heavy (non-hydrogen) atoms. The SMILES string of the molecule is CC1(C)c2ccc(-c3ccccc3)cc2C2(c3ccccc3N3Cc4ccccc4-c4cccc2c43)c2cc(-c3ccccc3)ccc21. The van der Waals surface area contributed by atoms with Crippen LogP contribution in [0.15, 0.2) is 164 Å². The Balaban J connectivity index is 1.40. The molecular formula is C47H35N. The maximum absolute atomic E-state index is 2.59. The van der Waals surface area contributed by atoms with Crippen LogP contribution in [0.3, 0.4) is 0 Å². The molecule has 7 aromatic carbocycles. The maximum atomic E-state index is 2.59. The van der Waals surface area contributed by atoms with Crippen molar-refractivity contribution in [1.82, 2.24) is 0 Å². The van der Waals surface area contributed by atoms with E-state index in [1.54, 1.807) is 0 Å². The molecule has 0 radical (unpaired) electrons. The van der Waals surface area contributed by atoms with E-state index < -0.39 is 5.41 Å². The predicted molar refractivity (Wildman–Crippen MR) is 199 cm³/mol. The third-order valence-electron chi connectivity index (χ3n) is 11.4. The van der Waals surface area contributed by atoms with Crippen molar-refractivity contribution in [2.45, 2.75) is 31.2 Å². The fraction of sp³-hybridized carbons (Fsp3) is 0.106. The minimum absolute atomic E-state index is 0.201. The molecule has 7 aromatic rings. The Morgan fingerprint density at radius 1 is 0.417 bits per heavy atom. The van der Waals surface area contributed by atoms with Crippen LogP contribution in [0.1, 0.15) is 52.8 Å². The molecule has 0 unspecified atom stereocenters. The zero-order valence-electron chi connectivity index (χ0n) is 27.2. The first-order valence-electron chi connectivity index (χ1n) is 17.1. The molecule has 228 valence electrons. The van der Waals surface area contributed by atoms with Crippen molar-refractivity contribution in [2.75, 3.05) is 4.90 Å². The largest absolute Gasteiger partial charge is 0.336 e. The van der Waals surface area contributed by atoms with Crippen LogP contribution in [-0.4, -0.2) is 0 Å². The number of para-hydroxylation sites is 2. The molecule has 1 heteroatoms. The van der Waals surface area contributed by atoms with E-state index in [1.165, 1.54) is 83.7 Å². The quantitative estimate of drug-likeness (QED) is 0.187. The highest BCUT2D eigenvalue weighted by atomic mass is 15.2. The van der Waals surface area contributed by atoms with Crippen LogP contribution in [0.2, 0.25) is 0 Å². The number of benzene rings is 7. The summed E-state index contributed by atoms with van der Waals surface area (Å²) in [6.45, 7) is 5.69. The van der Waals surface area contributed by atoms with Gasteiger partial charge in [0.15, 0.2) is 0 Å². The molecule has 0 atom stereocenters. The van der Waals surface area contributed by atoms with E-state index in [0.29, 0.717) is 0 Å². The minimum atomic E-state index is -0.527. The summed E-state index contributed by atoms with van der Waals surface area (Å²) in [7, 11) is 0. The number of fused-ring (bicyclic) bond motifs is 10. The standard InChI is InChI=1S/C47H35N/c1-46(2)38-26-24-33(31-14-5-3-6-15-31)28-42(38)47(43-29-34(25-27-39(43)46)32-16-7-4-8-17-32)40-21-11-12-23-44(40)48-30-35-18-9-10-19-36(35)37-20-13-22-41(47)45(37)48/h3-29H,30H2,1-2H3. The number of hydrogen-bond donors (Lipinski definition) is 0. The monoisotopic (exact) mass is 613 g/mol. The molecule has 10 rings (SSSR count). The second-order valence-electron chi connectivity index (χ2n) is 14.1. The van der Waals surface area contributed by atoms with Crippen molar-refractivity contribution in [2.24, 2.45) is 0 Å². The fourth-order valence-corrected chi connectivity index (χ4v) is 9.19. The molecule has 1 aliphatic carbocycles. The highest BCUT2D eigenvalue weighted by Crippen LogP contribution is 2.64. The lowest BCUT2D eigenvalue weighted by atomic mass is 9.52. The van der Waals surface area contributed by atoms with E-state index in [2.05, 4.69) is 183 Å². The summed E-state index contributed by atoms with van der Waals surface area (Å²) in [5.74, 6) is 0. The van der Waals surface area contributed by atoms with E-state index in [0.717, 1.165) is 6.54 Å². The van der Waals surface area contributed by atoms with Gasteiger partial charge < -0.3 is 4.90 Å². The zero-order valence-corrected chi connectivity index (χ0v) is 27.2. The van der Waals surface area contributed by atoms with Gasteiger partial charge in [-0.15, -0.1) is 0 Å². The Kier molecular flexibility index (Phi) is 5.67. The summed E-state index contributed by atoms with van der Waals surface area (Å²) in [5.41, 5.74) is 19.2. The average molecular weight is 614 g/mol. The van der Waals surface area contributed by atoms with E-state index in [-0.39, 0.29) is 5.41 Å². The molecule has 0 saturated carbocycles. The van der Waals surface area contributed by atoms with E-state index in [1.807, 2.05) is 0 Å². The lowest BCUT2D eigenvalue weighted by Crippen LogP contribution is -2.46. The highest BCUT2D eigenvalue weighted by Gasteiger charge is 2.54. The summed E-state index contributed by atoms with van der Waals surface area (Å²) in [6.07, 6.45) is 0. The van der Waals surface area contributed by atoms with Gasteiger partial charge in [0.1, 0.15) is 0 Å². The summed E-state index contributed by atoms with van der Waals surface area (Å²) in [5, 5.41) is 0. The van der Waals surface area contributed by atoms with Gasteiger partial charge in [0.05, 0.1) is 11.1 Å². The van der Waals surface area contributed by atoms with Crippen LogP contribution >= 0.6 is 0 Å². The van der Waals surface area contributed by atoms with Gasteiger partial charge in [-0.2, -0.15) is 0 Å². The number of nitrogens with zero attached hydrogens (tertiary/aromatic N) is 1. The second-order valence-corrected chi connectivity index (χ2v) is 14.1. The molecule has 1 nitrogen and oxygen atoms in total. The third-order valence-corrected chi connectivity index (χ3v) is 11.4. The predicted octanol–water partition coefficient (Wildman–Crippen LogP) is 11.7. The first-order valence-corrected chi connectivity index (χ1v) is 17.1. The average Bonchev–Trinajstić information content (AvgIpc) is 3.15. The van der Waals surface area contributed by atoms with Crippen molar-refractivity contribution >= 4 is 11.4 Å². The van der Waals surface area contributed by atoms with Crippen LogP contribution in [0.25, 0.3) is 33.4 Å². The summed E-state index contributed by atoms with van der Waals surface area (Å²) in [6, 6.07) is 61.6.